The summed E-state index contributed by atoms with van der Waals surface area (Å²) in [6.45, 7) is 0. The highest BCUT2D eigenvalue weighted by atomic mass is 35.5. The smallest absolute Gasteiger partial charge is 0.254 e. The average molecular weight is 209 g/mol. The number of rotatable bonds is 2. The molecule has 0 aliphatic carbocycles. The van der Waals surface area contributed by atoms with E-state index in [-0.39, 0.29) is 11.0 Å². The summed E-state index contributed by atoms with van der Waals surface area (Å²) in [5.41, 5.74) is 0. The monoisotopic (exact) mass is 208 g/mol. The molecule has 0 aliphatic rings. The Hall–Kier alpha value is -0.920. The molecule has 0 unspecified atom stereocenters. The third-order valence-electron chi connectivity index (χ3n) is 0.867. The van der Waals surface area contributed by atoms with Crippen LogP contribution in [0.3, 0.4) is 0 Å². The van der Waals surface area contributed by atoms with Crippen LogP contribution in [0.4, 0.5) is 5.82 Å². The van der Waals surface area contributed by atoms with Crippen LogP contribution in [0.15, 0.2) is 12.4 Å². The van der Waals surface area contributed by atoms with E-state index in [1.54, 1.807) is 0 Å². The van der Waals surface area contributed by atoms with Crippen LogP contribution in [-0.4, -0.2) is 18.4 Å². The van der Waals surface area contributed by atoms with Crippen molar-refractivity contribution >= 4 is 27.6 Å². The van der Waals surface area contributed by atoms with Gasteiger partial charge in [0.2, 0.25) is 0 Å². The molecule has 3 N–H and O–H groups in total. The highest BCUT2D eigenvalue weighted by molar-refractivity contribution is 7.90. The highest BCUT2D eigenvalue weighted by Gasteiger charge is 2.02. The van der Waals surface area contributed by atoms with Gasteiger partial charge in [0.25, 0.3) is 10.2 Å². The number of nitrogens with zero attached hydrogens (tertiary/aromatic N) is 2. The van der Waals surface area contributed by atoms with Crippen LogP contribution in [0.25, 0.3) is 0 Å². The molecule has 0 aliphatic heterocycles. The van der Waals surface area contributed by atoms with Gasteiger partial charge in [0, 0.05) is 0 Å². The predicted octanol–water partition coefficient (Wildman–Crippen LogP) is -0.255. The number of hydrogen-bond acceptors (Lipinski definition) is 4. The number of aromatic nitrogens is 2. The SMILES string of the molecule is NS(=O)(=O)Nc1cnc(Cl)cn1. The molecule has 0 amide bonds. The highest BCUT2D eigenvalue weighted by Crippen LogP contribution is 2.05. The molecule has 0 bridgehead atoms. The average Bonchev–Trinajstić information content (AvgIpc) is 1.91. The van der Waals surface area contributed by atoms with E-state index in [1.807, 2.05) is 4.72 Å². The second-order valence-corrected chi connectivity index (χ2v) is 3.55. The minimum Gasteiger partial charge on any atom is -0.254 e. The van der Waals surface area contributed by atoms with Gasteiger partial charge in [-0.15, -0.1) is 0 Å². The van der Waals surface area contributed by atoms with Gasteiger partial charge in [-0.2, -0.15) is 8.42 Å². The molecular weight excluding hydrogens is 204 g/mol. The zero-order valence-electron chi connectivity index (χ0n) is 5.73. The van der Waals surface area contributed by atoms with Crippen LogP contribution in [0.1, 0.15) is 0 Å². The van der Waals surface area contributed by atoms with Gasteiger partial charge in [-0.25, -0.2) is 15.1 Å². The van der Waals surface area contributed by atoms with Crippen molar-refractivity contribution in [2.45, 2.75) is 0 Å². The quantitative estimate of drug-likeness (QED) is 0.700. The lowest BCUT2D eigenvalue weighted by atomic mass is 10.7. The normalized spacial score (nSPS) is 11.2. The maximum atomic E-state index is 10.5. The van der Waals surface area contributed by atoms with Gasteiger partial charge in [0.15, 0.2) is 5.82 Å². The fourth-order valence-electron chi connectivity index (χ4n) is 0.511. The molecule has 1 rings (SSSR count). The Morgan fingerprint density at radius 3 is 2.50 bits per heavy atom. The van der Waals surface area contributed by atoms with E-state index in [9.17, 15) is 8.42 Å². The van der Waals surface area contributed by atoms with Crippen molar-refractivity contribution in [3.63, 3.8) is 0 Å². The number of nitrogens with two attached hydrogens (primary N) is 1. The Balaban J connectivity index is 2.85. The summed E-state index contributed by atoms with van der Waals surface area (Å²) in [5.74, 6) is 0.0295. The number of anilines is 1. The molecule has 6 nitrogen and oxygen atoms in total. The van der Waals surface area contributed by atoms with E-state index >= 15 is 0 Å². The van der Waals surface area contributed by atoms with Gasteiger partial charge in [0.05, 0.1) is 12.4 Å². The molecule has 0 atom stereocenters. The standard InChI is InChI=1S/C4H5ClN4O2S/c5-3-1-8-4(2-7-3)9-12(6,10)11/h1-2H,(H,8,9)(H2,6,10,11). The predicted molar refractivity (Wildman–Crippen MR) is 43.8 cm³/mol. The third kappa shape index (κ3) is 2.99. The van der Waals surface area contributed by atoms with Crippen LogP contribution < -0.4 is 9.86 Å². The summed E-state index contributed by atoms with van der Waals surface area (Å²) in [7, 11) is -3.79. The molecule has 0 aromatic carbocycles. The van der Waals surface area contributed by atoms with Crippen LogP contribution >= 0.6 is 11.6 Å². The van der Waals surface area contributed by atoms with E-state index in [2.05, 4.69) is 15.1 Å². The van der Waals surface area contributed by atoms with Gasteiger partial charge >= 0.3 is 0 Å². The number of hydrogen-bond donors (Lipinski definition) is 2. The lowest BCUT2D eigenvalue weighted by molar-refractivity contribution is 0.602. The molecule has 8 heteroatoms. The first kappa shape index (κ1) is 9.17. The minimum atomic E-state index is -3.79. The second kappa shape index (κ2) is 3.21. The third-order valence-corrected chi connectivity index (χ3v) is 1.56. The first-order valence-electron chi connectivity index (χ1n) is 2.75. The molecule has 0 saturated carbocycles. The Morgan fingerprint density at radius 2 is 2.08 bits per heavy atom. The largest absolute Gasteiger partial charge is 0.297 e. The maximum Gasteiger partial charge on any atom is 0.297 e. The number of halogens is 1. The molecule has 0 saturated heterocycles. The Kier molecular flexibility index (Phi) is 2.46. The molecule has 66 valence electrons. The molecule has 1 aromatic rings. The summed E-state index contributed by atoms with van der Waals surface area (Å²) >= 11 is 5.40. The molecular formula is C4H5ClN4O2S. The van der Waals surface area contributed by atoms with Gasteiger partial charge in [-0.3, -0.25) is 4.72 Å². The summed E-state index contributed by atoms with van der Waals surface area (Å²) < 4.78 is 22.8. The Bertz CT molecular complexity index is 361. The summed E-state index contributed by atoms with van der Waals surface area (Å²) in [4.78, 5) is 7.18. The van der Waals surface area contributed by atoms with E-state index in [0.717, 1.165) is 6.20 Å². The molecule has 1 heterocycles. The Labute approximate surface area is 74.0 Å². The van der Waals surface area contributed by atoms with E-state index in [0.29, 0.717) is 0 Å². The fourth-order valence-corrected chi connectivity index (χ4v) is 1.01. The summed E-state index contributed by atoms with van der Waals surface area (Å²) in [6, 6.07) is 0. The second-order valence-electron chi connectivity index (χ2n) is 1.87. The lowest BCUT2D eigenvalue weighted by Gasteiger charge is -1.99. The lowest BCUT2D eigenvalue weighted by Crippen LogP contribution is -2.22. The van der Waals surface area contributed by atoms with Crippen molar-refractivity contribution in [2.75, 3.05) is 4.72 Å². The van der Waals surface area contributed by atoms with Gasteiger partial charge in [-0.1, -0.05) is 11.6 Å². The van der Waals surface area contributed by atoms with Crippen molar-refractivity contribution in [1.29, 1.82) is 0 Å². The zero-order valence-corrected chi connectivity index (χ0v) is 7.30. The van der Waals surface area contributed by atoms with Crippen molar-refractivity contribution in [2.24, 2.45) is 5.14 Å². The van der Waals surface area contributed by atoms with Gasteiger partial charge in [0.1, 0.15) is 5.15 Å². The van der Waals surface area contributed by atoms with Crippen LogP contribution in [0, 0.1) is 0 Å². The van der Waals surface area contributed by atoms with Crippen molar-refractivity contribution in [3.8, 4) is 0 Å². The van der Waals surface area contributed by atoms with Crippen LogP contribution in [0.5, 0.6) is 0 Å². The zero-order chi connectivity index (χ0) is 9.19. The van der Waals surface area contributed by atoms with Crippen molar-refractivity contribution in [1.82, 2.24) is 9.97 Å². The topological polar surface area (TPSA) is 98.0 Å². The minimum absolute atomic E-state index is 0.0295. The molecule has 1 aromatic heterocycles. The fraction of sp³-hybridized carbons (Fsp3) is 0. The van der Waals surface area contributed by atoms with E-state index in [4.69, 9.17) is 11.6 Å². The van der Waals surface area contributed by atoms with E-state index < -0.39 is 10.2 Å². The van der Waals surface area contributed by atoms with Gasteiger partial charge < -0.3 is 0 Å². The molecule has 0 fully saturated rings. The van der Waals surface area contributed by atoms with Crippen LogP contribution in [-0.2, 0) is 10.2 Å². The van der Waals surface area contributed by atoms with Crippen molar-refractivity contribution in [3.05, 3.63) is 17.5 Å². The van der Waals surface area contributed by atoms with Crippen LogP contribution in [0.2, 0.25) is 5.15 Å². The first-order chi connectivity index (χ1) is 5.47. The van der Waals surface area contributed by atoms with Crippen molar-refractivity contribution < 1.29 is 8.42 Å². The summed E-state index contributed by atoms with van der Waals surface area (Å²) in [5, 5.41) is 4.84. The van der Waals surface area contributed by atoms with E-state index in [1.165, 1.54) is 6.20 Å². The molecule has 12 heavy (non-hydrogen) atoms. The number of nitrogens with one attached hydrogen (secondary N) is 1. The molecule has 0 radical (unpaired) electrons. The van der Waals surface area contributed by atoms with Gasteiger partial charge in [-0.05, 0) is 0 Å². The Morgan fingerprint density at radius 1 is 1.42 bits per heavy atom. The first-order valence-corrected chi connectivity index (χ1v) is 4.68. The maximum absolute atomic E-state index is 10.5. The summed E-state index contributed by atoms with van der Waals surface area (Å²) in [6.07, 6.45) is 2.36. The molecule has 0 spiro atoms.